The Morgan fingerprint density at radius 1 is 1.47 bits per heavy atom. The second-order valence-corrected chi connectivity index (χ2v) is 3.81. The maximum atomic E-state index is 10.9. The van der Waals surface area contributed by atoms with Crippen molar-refractivity contribution in [3.05, 3.63) is 34.4 Å². The van der Waals surface area contributed by atoms with Crippen molar-refractivity contribution in [2.45, 2.75) is 0 Å². The number of nitrogens with zero attached hydrogens (tertiary/aromatic N) is 1. The lowest BCUT2D eigenvalue weighted by atomic mass is 10.1. The Morgan fingerprint density at radius 3 is 2.87 bits per heavy atom. The summed E-state index contributed by atoms with van der Waals surface area (Å²) in [6.07, 6.45) is 1.50. The van der Waals surface area contributed by atoms with Gasteiger partial charge in [0, 0.05) is 11.6 Å². The van der Waals surface area contributed by atoms with Gasteiger partial charge in [-0.2, -0.15) is 0 Å². The molecule has 0 aliphatic heterocycles. The third-order valence-electron chi connectivity index (χ3n) is 2.05. The van der Waals surface area contributed by atoms with Gasteiger partial charge in [0.1, 0.15) is 5.52 Å². The first-order chi connectivity index (χ1) is 7.11. The quantitative estimate of drug-likeness (QED) is 0.833. The van der Waals surface area contributed by atoms with Crippen LogP contribution in [0.3, 0.4) is 0 Å². The number of hydrogen-bond acceptors (Lipinski definition) is 3. The Morgan fingerprint density at radius 2 is 2.20 bits per heavy atom. The van der Waals surface area contributed by atoms with E-state index in [1.807, 2.05) is 0 Å². The molecule has 0 spiro atoms. The summed E-state index contributed by atoms with van der Waals surface area (Å²) in [5.74, 6) is -1.09. The third-order valence-corrected chi connectivity index (χ3v) is 2.65. The molecular formula is C10H6BrNO3. The maximum absolute atomic E-state index is 10.9. The van der Waals surface area contributed by atoms with Crippen LogP contribution >= 0.6 is 15.9 Å². The highest BCUT2D eigenvalue weighted by molar-refractivity contribution is 9.10. The van der Waals surface area contributed by atoms with Gasteiger partial charge < -0.3 is 10.2 Å². The predicted molar refractivity (Wildman–Crippen MR) is 58.1 cm³/mol. The Labute approximate surface area is 93.3 Å². The van der Waals surface area contributed by atoms with Gasteiger partial charge in [-0.05, 0) is 28.1 Å². The number of hydrogen-bond donors (Lipinski definition) is 2. The van der Waals surface area contributed by atoms with Crippen molar-refractivity contribution < 1.29 is 15.0 Å². The van der Waals surface area contributed by atoms with E-state index in [2.05, 4.69) is 20.9 Å². The number of fused-ring (bicyclic) bond motifs is 1. The summed E-state index contributed by atoms with van der Waals surface area (Å²) >= 11 is 3.08. The van der Waals surface area contributed by atoms with Crippen LogP contribution in [0.15, 0.2) is 28.9 Å². The standard InChI is InChI=1S/C10H6BrNO3/c11-7-4-6(10(14)15)5-2-1-3-12-8(5)9(7)13/h1-4,13H,(H,14,15). The van der Waals surface area contributed by atoms with E-state index in [9.17, 15) is 9.90 Å². The van der Waals surface area contributed by atoms with Crippen LogP contribution in [-0.2, 0) is 0 Å². The van der Waals surface area contributed by atoms with Crippen LogP contribution < -0.4 is 0 Å². The molecule has 2 aromatic rings. The van der Waals surface area contributed by atoms with Gasteiger partial charge in [-0.1, -0.05) is 6.07 Å². The lowest BCUT2D eigenvalue weighted by molar-refractivity contribution is 0.0699. The minimum Gasteiger partial charge on any atom is -0.505 e. The van der Waals surface area contributed by atoms with E-state index in [1.165, 1.54) is 12.3 Å². The average Bonchev–Trinajstić information content (AvgIpc) is 2.23. The molecule has 0 aliphatic rings. The number of aromatic hydroxyl groups is 1. The molecule has 0 saturated heterocycles. The lowest BCUT2D eigenvalue weighted by Crippen LogP contribution is -1.98. The highest BCUT2D eigenvalue weighted by Gasteiger charge is 2.14. The van der Waals surface area contributed by atoms with Gasteiger partial charge in [0.2, 0.25) is 0 Å². The third kappa shape index (κ3) is 1.55. The van der Waals surface area contributed by atoms with Crippen molar-refractivity contribution in [3.63, 3.8) is 0 Å². The van der Waals surface area contributed by atoms with Gasteiger partial charge >= 0.3 is 5.97 Å². The van der Waals surface area contributed by atoms with Crippen molar-refractivity contribution in [3.8, 4) is 5.75 Å². The van der Waals surface area contributed by atoms with E-state index in [-0.39, 0.29) is 16.8 Å². The zero-order valence-electron chi connectivity index (χ0n) is 7.44. The van der Waals surface area contributed by atoms with E-state index in [4.69, 9.17) is 5.11 Å². The molecule has 0 saturated carbocycles. The van der Waals surface area contributed by atoms with E-state index >= 15 is 0 Å². The van der Waals surface area contributed by atoms with Gasteiger partial charge in [-0.15, -0.1) is 0 Å². The summed E-state index contributed by atoms with van der Waals surface area (Å²) in [5, 5.41) is 19.1. The first kappa shape index (κ1) is 9.92. The van der Waals surface area contributed by atoms with Crippen LogP contribution in [0.4, 0.5) is 0 Å². The predicted octanol–water partition coefficient (Wildman–Crippen LogP) is 2.40. The lowest BCUT2D eigenvalue weighted by Gasteiger charge is -2.05. The molecule has 1 aromatic heterocycles. The number of pyridine rings is 1. The van der Waals surface area contributed by atoms with Crippen LogP contribution in [0.5, 0.6) is 5.75 Å². The van der Waals surface area contributed by atoms with Crippen molar-refractivity contribution in [2.24, 2.45) is 0 Å². The molecule has 76 valence electrons. The molecule has 15 heavy (non-hydrogen) atoms. The number of aromatic carboxylic acids is 1. The number of aromatic nitrogens is 1. The monoisotopic (exact) mass is 267 g/mol. The second-order valence-electron chi connectivity index (χ2n) is 2.96. The fraction of sp³-hybridized carbons (Fsp3) is 0. The van der Waals surface area contributed by atoms with E-state index in [1.54, 1.807) is 12.1 Å². The van der Waals surface area contributed by atoms with Gasteiger partial charge in [0.05, 0.1) is 10.0 Å². The molecular weight excluding hydrogens is 262 g/mol. The van der Waals surface area contributed by atoms with Crippen LogP contribution in [-0.4, -0.2) is 21.2 Å². The molecule has 0 unspecified atom stereocenters. The van der Waals surface area contributed by atoms with Gasteiger partial charge in [-0.3, -0.25) is 4.98 Å². The van der Waals surface area contributed by atoms with Crippen LogP contribution in [0, 0.1) is 0 Å². The minimum absolute atomic E-state index is 0.0457. The second kappa shape index (κ2) is 3.51. The Hall–Kier alpha value is -1.62. The Bertz CT molecular complexity index is 554. The molecule has 5 heteroatoms. The van der Waals surface area contributed by atoms with Crippen molar-refractivity contribution in [2.75, 3.05) is 0 Å². The highest BCUT2D eigenvalue weighted by atomic mass is 79.9. The minimum atomic E-state index is -1.05. The van der Waals surface area contributed by atoms with Crippen molar-refractivity contribution in [1.29, 1.82) is 0 Å². The summed E-state index contributed by atoms with van der Waals surface area (Å²) in [4.78, 5) is 14.9. The number of phenolic OH excluding ortho intramolecular Hbond substituents is 1. The van der Waals surface area contributed by atoms with E-state index in [0.29, 0.717) is 9.86 Å². The molecule has 0 atom stereocenters. The largest absolute Gasteiger partial charge is 0.505 e. The van der Waals surface area contributed by atoms with Crippen LogP contribution in [0.25, 0.3) is 10.9 Å². The zero-order valence-corrected chi connectivity index (χ0v) is 9.02. The summed E-state index contributed by atoms with van der Waals surface area (Å²) in [6, 6.07) is 4.60. The molecule has 1 heterocycles. The van der Waals surface area contributed by atoms with Gasteiger partial charge in [0.15, 0.2) is 5.75 Å². The maximum Gasteiger partial charge on any atom is 0.336 e. The van der Waals surface area contributed by atoms with E-state index < -0.39 is 5.97 Å². The smallest absolute Gasteiger partial charge is 0.336 e. The molecule has 0 bridgehead atoms. The first-order valence-corrected chi connectivity index (χ1v) is 4.90. The molecule has 1 aromatic carbocycles. The summed E-state index contributed by atoms with van der Waals surface area (Å²) in [5.41, 5.74) is 0.395. The summed E-state index contributed by atoms with van der Waals surface area (Å²) in [7, 11) is 0. The number of carboxylic acid groups (broad SMARTS) is 1. The van der Waals surface area contributed by atoms with Crippen molar-refractivity contribution >= 4 is 32.8 Å². The number of carboxylic acids is 1. The molecule has 0 aliphatic carbocycles. The normalized spacial score (nSPS) is 10.5. The number of carbonyl (C=O) groups is 1. The zero-order chi connectivity index (χ0) is 11.0. The first-order valence-electron chi connectivity index (χ1n) is 4.10. The molecule has 0 radical (unpaired) electrons. The number of rotatable bonds is 1. The SMILES string of the molecule is O=C(O)c1cc(Br)c(O)c2ncccc12. The van der Waals surface area contributed by atoms with E-state index in [0.717, 1.165) is 0 Å². The number of benzene rings is 1. The van der Waals surface area contributed by atoms with Gasteiger partial charge in [0.25, 0.3) is 0 Å². The molecule has 2 N–H and O–H groups in total. The topological polar surface area (TPSA) is 70.4 Å². The van der Waals surface area contributed by atoms with Gasteiger partial charge in [-0.25, -0.2) is 4.79 Å². The number of phenols is 1. The fourth-order valence-electron chi connectivity index (χ4n) is 1.37. The highest BCUT2D eigenvalue weighted by Crippen LogP contribution is 2.33. The Balaban J connectivity index is 2.94. The summed E-state index contributed by atoms with van der Waals surface area (Å²) in [6.45, 7) is 0. The average molecular weight is 268 g/mol. The van der Waals surface area contributed by atoms with Crippen LogP contribution in [0.2, 0.25) is 0 Å². The number of halogens is 1. The molecule has 0 fully saturated rings. The molecule has 4 nitrogen and oxygen atoms in total. The molecule has 2 rings (SSSR count). The van der Waals surface area contributed by atoms with Crippen molar-refractivity contribution in [1.82, 2.24) is 4.98 Å². The fourth-order valence-corrected chi connectivity index (χ4v) is 1.79. The molecule has 0 amide bonds. The Kier molecular flexibility index (Phi) is 2.32. The van der Waals surface area contributed by atoms with Crippen LogP contribution in [0.1, 0.15) is 10.4 Å². The summed E-state index contributed by atoms with van der Waals surface area (Å²) < 4.78 is 0.325.